The fourth-order valence-corrected chi connectivity index (χ4v) is 2.88. The number of carbonyl (C=O) groups excluding carboxylic acids is 2. The summed E-state index contributed by atoms with van der Waals surface area (Å²) in [5.41, 5.74) is 1.51. The summed E-state index contributed by atoms with van der Waals surface area (Å²) in [6.07, 6.45) is 2.83. The number of hydrogen-bond acceptors (Lipinski definition) is 6. The van der Waals surface area contributed by atoms with Gasteiger partial charge in [0.25, 0.3) is 0 Å². The zero-order valence-corrected chi connectivity index (χ0v) is 18.5. The van der Waals surface area contributed by atoms with Crippen molar-refractivity contribution in [3.63, 3.8) is 0 Å². The predicted octanol–water partition coefficient (Wildman–Crippen LogP) is 3.92. The van der Waals surface area contributed by atoms with Crippen molar-refractivity contribution in [1.29, 1.82) is 0 Å². The van der Waals surface area contributed by atoms with Crippen LogP contribution in [0, 0.1) is 0 Å². The lowest BCUT2D eigenvalue weighted by molar-refractivity contribution is -0.148. The van der Waals surface area contributed by atoms with E-state index in [0.29, 0.717) is 17.2 Å². The lowest BCUT2D eigenvalue weighted by atomic mass is 10.0. The van der Waals surface area contributed by atoms with Crippen molar-refractivity contribution in [1.82, 2.24) is 5.32 Å². The topological polar surface area (TPSA) is 83.1 Å². The molecule has 0 bridgehead atoms. The Bertz CT molecular complexity index is 883. The number of amides is 1. The minimum atomic E-state index is -0.547. The van der Waals surface area contributed by atoms with Gasteiger partial charge in [0.05, 0.1) is 39.9 Å². The SMILES string of the molecule is COc1ccc(C(CC(=O)OC(C)C)NC(=O)/C=C/c2cc(OC)cc(OC)c2)cc1. The van der Waals surface area contributed by atoms with E-state index in [9.17, 15) is 9.59 Å². The molecule has 0 spiro atoms. The largest absolute Gasteiger partial charge is 0.497 e. The van der Waals surface area contributed by atoms with Crippen LogP contribution in [-0.2, 0) is 14.3 Å². The van der Waals surface area contributed by atoms with Crippen LogP contribution in [0.2, 0.25) is 0 Å². The molecule has 0 heterocycles. The van der Waals surface area contributed by atoms with E-state index in [1.165, 1.54) is 6.08 Å². The molecule has 0 radical (unpaired) electrons. The molecule has 0 saturated heterocycles. The number of carbonyl (C=O) groups is 2. The number of ether oxygens (including phenoxy) is 4. The smallest absolute Gasteiger partial charge is 0.308 e. The Morgan fingerprint density at radius 2 is 1.48 bits per heavy atom. The summed E-state index contributed by atoms with van der Waals surface area (Å²) in [7, 11) is 4.70. The van der Waals surface area contributed by atoms with Gasteiger partial charge in [-0.15, -0.1) is 0 Å². The second-order valence-electron chi connectivity index (χ2n) is 7.06. The van der Waals surface area contributed by atoms with Crippen LogP contribution in [0.3, 0.4) is 0 Å². The first kappa shape index (κ1) is 23.8. The molecule has 2 rings (SSSR count). The van der Waals surface area contributed by atoms with Gasteiger partial charge in [0.2, 0.25) is 5.91 Å². The van der Waals surface area contributed by atoms with Crippen molar-refractivity contribution >= 4 is 18.0 Å². The Morgan fingerprint density at radius 1 is 0.903 bits per heavy atom. The van der Waals surface area contributed by atoms with Crippen LogP contribution in [-0.4, -0.2) is 39.3 Å². The van der Waals surface area contributed by atoms with Gasteiger partial charge in [-0.25, -0.2) is 0 Å². The number of esters is 1. The Morgan fingerprint density at radius 3 is 2.00 bits per heavy atom. The van der Waals surface area contributed by atoms with Crippen molar-refractivity contribution in [2.45, 2.75) is 32.4 Å². The summed E-state index contributed by atoms with van der Waals surface area (Å²) in [4.78, 5) is 24.8. The Kier molecular flexibility index (Phi) is 8.94. The molecule has 0 saturated carbocycles. The molecule has 166 valence electrons. The van der Waals surface area contributed by atoms with Crippen molar-refractivity contribution in [2.24, 2.45) is 0 Å². The van der Waals surface area contributed by atoms with Gasteiger partial charge in [-0.2, -0.15) is 0 Å². The van der Waals surface area contributed by atoms with E-state index < -0.39 is 12.0 Å². The number of benzene rings is 2. The fraction of sp³-hybridized carbons (Fsp3) is 0.333. The van der Waals surface area contributed by atoms with E-state index in [4.69, 9.17) is 18.9 Å². The van der Waals surface area contributed by atoms with Crippen LogP contribution in [0.1, 0.15) is 37.4 Å². The fourth-order valence-electron chi connectivity index (χ4n) is 2.88. The number of hydrogen-bond donors (Lipinski definition) is 1. The van der Waals surface area contributed by atoms with Gasteiger partial charge in [0.1, 0.15) is 17.2 Å². The second-order valence-corrected chi connectivity index (χ2v) is 7.06. The molecule has 1 N–H and O–H groups in total. The molecule has 7 nitrogen and oxygen atoms in total. The quantitative estimate of drug-likeness (QED) is 0.457. The molecule has 0 aliphatic rings. The number of methoxy groups -OCH3 is 3. The molecule has 0 aromatic heterocycles. The molecule has 31 heavy (non-hydrogen) atoms. The minimum absolute atomic E-state index is 0.0110. The molecule has 1 atom stereocenters. The standard InChI is InChI=1S/C24H29NO6/c1-16(2)31-24(27)15-22(18-7-9-19(28-3)10-8-18)25-23(26)11-6-17-12-20(29-4)14-21(13-17)30-5/h6-14,16,22H,15H2,1-5H3,(H,25,26)/b11-6+. The van der Waals surface area contributed by atoms with Gasteiger partial charge in [-0.1, -0.05) is 12.1 Å². The van der Waals surface area contributed by atoms with Crippen LogP contribution in [0.4, 0.5) is 0 Å². The minimum Gasteiger partial charge on any atom is -0.497 e. The van der Waals surface area contributed by atoms with E-state index in [1.807, 2.05) is 12.1 Å². The highest BCUT2D eigenvalue weighted by molar-refractivity contribution is 5.92. The Labute approximate surface area is 183 Å². The van der Waals surface area contributed by atoms with Gasteiger partial charge in [0.15, 0.2) is 0 Å². The van der Waals surface area contributed by atoms with E-state index in [1.54, 1.807) is 71.6 Å². The molecule has 1 amide bonds. The predicted molar refractivity (Wildman–Crippen MR) is 118 cm³/mol. The van der Waals surface area contributed by atoms with Crippen molar-refractivity contribution < 1.29 is 28.5 Å². The molecule has 1 unspecified atom stereocenters. The van der Waals surface area contributed by atoms with E-state index in [0.717, 1.165) is 11.1 Å². The maximum absolute atomic E-state index is 12.6. The zero-order chi connectivity index (χ0) is 22.8. The van der Waals surface area contributed by atoms with Gasteiger partial charge < -0.3 is 24.3 Å². The van der Waals surface area contributed by atoms with Crippen LogP contribution in [0.5, 0.6) is 17.2 Å². The summed E-state index contributed by atoms with van der Waals surface area (Å²) in [5.74, 6) is 1.18. The van der Waals surface area contributed by atoms with Gasteiger partial charge in [-0.3, -0.25) is 9.59 Å². The number of nitrogens with one attached hydrogen (secondary N) is 1. The highest BCUT2D eigenvalue weighted by atomic mass is 16.5. The zero-order valence-electron chi connectivity index (χ0n) is 18.5. The monoisotopic (exact) mass is 427 g/mol. The summed E-state index contributed by atoms with van der Waals surface area (Å²) >= 11 is 0. The third-order valence-electron chi connectivity index (χ3n) is 4.37. The third kappa shape index (κ3) is 7.70. The molecule has 7 heteroatoms. The van der Waals surface area contributed by atoms with Crippen LogP contribution in [0.15, 0.2) is 48.5 Å². The maximum atomic E-state index is 12.6. The molecule has 0 aliphatic carbocycles. The lowest BCUT2D eigenvalue weighted by Gasteiger charge is -2.19. The molecule has 0 aliphatic heterocycles. The van der Waals surface area contributed by atoms with Gasteiger partial charge in [-0.05, 0) is 55.3 Å². The summed E-state index contributed by atoms with van der Waals surface area (Å²) in [6.45, 7) is 3.56. The van der Waals surface area contributed by atoms with E-state index >= 15 is 0 Å². The average Bonchev–Trinajstić information content (AvgIpc) is 2.76. The van der Waals surface area contributed by atoms with E-state index in [-0.39, 0.29) is 18.4 Å². The first-order valence-corrected chi connectivity index (χ1v) is 9.89. The second kappa shape index (κ2) is 11.6. The summed E-state index contributed by atoms with van der Waals surface area (Å²) in [6, 6.07) is 11.9. The first-order chi connectivity index (χ1) is 14.8. The molecule has 2 aromatic carbocycles. The van der Waals surface area contributed by atoms with Gasteiger partial charge in [0, 0.05) is 12.1 Å². The third-order valence-corrected chi connectivity index (χ3v) is 4.37. The van der Waals surface area contributed by atoms with Gasteiger partial charge >= 0.3 is 5.97 Å². The van der Waals surface area contributed by atoms with Crippen molar-refractivity contribution in [3.8, 4) is 17.2 Å². The van der Waals surface area contributed by atoms with Crippen LogP contribution in [0.25, 0.3) is 6.08 Å². The Balaban J connectivity index is 2.17. The molecular weight excluding hydrogens is 398 g/mol. The van der Waals surface area contributed by atoms with Crippen LogP contribution < -0.4 is 19.5 Å². The molecular formula is C24H29NO6. The molecule has 2 aromatic rings. The highest BCUT2D eigenvalue weighted by Gasteiger charge is 2.19. The summed E-state index contributed by atoms with van der Waals surface area (Å²) < 4.78 is 20.9. The molecule has 0 fully saturated rings. The Hall–Kier alpha value is -3.48. The normalized spacial score (nSPS) is 11.8. The highest BCUT2D eigenvalue weighted by Crippen LogP contribution is 2.24. The van der Waals surface area contributed by atoms with Crippen molar-refractivity contribution in [2.75, 3.05) is 21.3 Å². The lowest BCUT2D eigenvalue weighted by Crippen LogP contribution is -2.29. The first-order valence-electron chi connectivity index (χ1n) is 9.89. The van der Waals surface area contributed by atoms with Crippen LogP contribution >= 0.6 is 0 Å². The maximum Gasteiger partial charge on any atom is 0.308 e. The van der Waals surface area contributed by atoms with E-state index in [2.05, 4.69) is 5.32 Å². The summed E-state index contributed by atoms with van der Waals surface area (Å²) in [5, 5.41) is 2.87. The van der Waals surface area contributed by atoms with Crippen molar-refractivity contribution in [3.05, 3.63) is 59.7 Å². The average molecular weight is 427 g/mol. The number of rotatable bonds is 10.